The molecule has 0 saturated heterocycles. The zero-order valence-corrected chi connectivity index (χ0v) is 28.1. The van der Waals surface area contributed by atoms with E-state index in [1.54, 1.807) is 0 Å². The molecule has 0 aliphatic rings. The maximum absolute atomic E-state index is 8.55. The summed E-state index contributed by atoms with van der Waals surface area (Å²) in [7, 11) is -0.636. The van der Waals surface area contributed by atoms with Crippen molar-refractivity contribution in [2.75, 3.05) is 19.0 Å². The summed E-state index contributed by atoms with van der Waals surface area (Å²) in [5, 5.41) is 10.7. The van der Waals surface area contributed by atoms with Crippen LogP contribution < -0.4 is 0 Å². The van der Waals surface area contributed by atoms with Gasteiger partial charge in [-0.05, 0) is 44.5 Å². The second kappa shape index (κ2) is 31.5. The Bertz CT molecular complexity index is 498. The molecule has 0 fully saturated rings. The van der Waals surface area contributed by atoms with Gasteiger partial charge in [0.2, 0.25) is 0 Å². The molecule has 6 heteroatoms. The summed E-state index contributed by atoms with van der Waals surface area (Å²) in [6, 6.07) is 1.21. The lowest BCUT2D eigenvalue weighted by atomic mass is 10.0. The highest BCUT2D eigenvalue weighted by Crippen LogP contribution is 2.25. The zero-order chi connectivity index (χ0) is 27.8. The van der Waals surface area contributed by atoms with Crippen molar-refractivity contribution >= 4 is 21.5 Å². The fourth-order valence-corrected chi connectivity index (χ4v) is 6.87. The maximum atomic E-state index is 8.55. The maximum Gasteiger partial charge on any atom is 0.272 e. The smallest absolute Gasteiger partial charge is 0.272 e. The fourth-order valence-electron chi connectivity index (χ4n) is 5.10. The highest BCUT2D eigenvalue weighted by atomic mass is 32.2. The molecular formula is C32H65NO3SSi. The first-order valence-electron chi connectivity index (χ1n) is 16.7. The van der Waals surface area contributed by atoms with E-state index in [1.807, 2.05) is 13.8 Å². The Morgan fingerprint density at radius 2 is 1.00 bits per heavy atom. The van der Waals surface area contributed by atoms with E-state index < -0.39 is 15.7 Å². The quantitative estimate of drug-likeness (QED) is 0.0348. The van der Waals surface area contributed by atoms with Gasteiger partial charge in [-0.25, -0.2) is 0 Å². The number of nitrogens with zero attached hydrogens (tertiary/aromatic N) is 1. The predicted octanol–water partition coefficient (Wildman–Crippen LogP) is 10.4. The van der Waals surface area contributed by atoms with Crippen molar-refractivity contribution in [2.24, 2.45) is 0 Å². The molecule has 0 spiro atoms. The predicted molar refractivity (Wildman–Crippen MR) is 170 cm³/mol. The lowest BCUT2D eigenvalue weighted by molar-refractivity contribution is -0.345. The summed E-state index contributed by atoms with van der Waals surface area (Å²) in [6.45, 7) is 7.66. The van der Waals surface area contributed by atoms with E-state index in [4.69, 9.17) is 19.2 Å². The van der Waals surface area contributed by atoms with Crippen molar-refractivity contribution in [1.29, 1.82) is 5.26 Å². The molecule has 0 bridgehead atoms. The molecule has 0 saturated carbocycles. The minimum absolute atomic E-state index is 0.636. The first-order valence-corrected chi connectivity index (χ1v) is 19.2. The van der Waals surface area contributed by atoms with Crippen LogP contribution in [0.1, 0.15) is 168 Å². The molecule has 0 N–H and O–H groups in total. The van der Waals surface area contributed by atoms with Gasteiger partial charge >= 0.3 is 0 Å². The molecule has 226 valence electrons. The Balaban J connectivity index is 3.79. The molecule has 0 aromatic heterocycles. The average molecular weight is 572 g/mol. The molecule has 0 aliphatic carbocycles. The van der Waals surface area contributed by atoms with Crippen LogP contribution >= 0.6 is 11.8 Å². The second-order valence-corrected chi connectivity index (χ2v) is 13.1. The van der Waals surface area contributed by atoms with Crippen molar-refractivity contribution < 1.29 is 13.9 Å². The van der Waals surface area contributed by atoms with Gasteiger partial charge in [-0.1, -0.05) is 135 Å². The van der Waals surface area contributed by atoms with Crippen molar-refractivity contribution in [3.8, 4) is 5.40 Å². The minimum atomic E-state index is -0.784. The van der Waals surface area contributed by atoms with Gasteiger partial charge in [0, 0.05) is 25.4 Å². The lowest BCUT2D eigenvalue weighted by Gasteiger charge is -2.33. The molecule has 0 rings (SSSR count). The van der Waals surface area contributed by atoms with Crippen LogP contribution in [0, 0.1) is 10.7 Å². The number of thiocyanates is 1. The molecule has 4 nitrogen and oxygen atoms in total. The van der Waals surface area contributed by atoms with Gasteiger partial charge in [-0.15, -0.1) is 0 Å². The third-order valence-electron chi connectivity index (χ3n) is 7.34. The summed E-state index contributed by atoms with van der Waals surface area (Å²) >= 11 is 1.38. The highest BCUT2D eigenvalue weighted by Gasteiger charge is 2.31. The third kappa shape index (κ3) is 26.2. The number of rotatable bonds is 32. The van der Waals surface area contributed by atoms with Crippen molar-refractivity contribution in [3.05, 3.63) is 0 Å². The first-order chi connectivity index (χ1) is 18.7. The number of nitriles is 1. The van der Waals surface area contributed by atoms with Crippen LogP contribution in [-0.2, 0) is 13.9 Å². The van der Waals surface area contributed by atoms with Crippen molar-refractivity contribution in [3.63, 3.8) is 0 Å². The molecule has 0 atom stereocenters. The number of thioether (sulfide) groups is 1. The van der Waals surface area contributed by atoms with E-state index in [2.05, 4.69) is 12.3 Å². The lowest BCUT2D eigenvalue weighted by Crippen LogP contribution is -2.40. The van der Waals surface area contributed by atoms with Crippen LogP contribution in [-0.4, -0.2) is 34.7 Å². The van der Waals surface area contributed by atoms with E-state index >= 15 is 0 Å². The van der Waals surface area contributed by atoms with Gasteiger partial charge in [0.15, 0.2) is 9.76 Å². The van der Waals surface area contributed by atoms with Crippen LogP contribution in [0.3, 0.4) is 0 Å². The molecule has 0 unspecified atom stereocenters. The fraction of sp³-hybridized carbons (Fsp3) is 0.969. The Hall–Kier alpha value is -0.0631. The number of ether oxygens (including phenoxy) is 2. The highest BCUT2D eigenvalue weighted by molar-refractivity contribution is 8.03. The molecule has 0 radical (unpaired) electrons. The molecule has 0 amide bonds. The molecule has 0 aromatic rings. The van der Waals surface area contributed by atoms with Crippen LogP contribution in [0.15, 0.2) is 0 Å². The summed E-state index contributed by atoms with van der Waals surface area (Å²) in [6.07, 6.45) is 30.5. The summed E-state index contributed by atoms with van der Waals surface area (Å²) < 4.78 is 18.5. The Labute approximate surface area is 245 Å². The number of unbranched alkanes of at least 4 members (excludes halogenated alkanes) is 20. The third-order valence-corrected chi connectivity index (χ3v) is 9.40. The summed E-state index contributed by atoms with van der Waals surface area (Å²) in [4.78, 5) is 0. The van der Waals surface area contributed by atoms with E-state index in [0.29, 0.717) is 13.2 Å². The normalized spacial score (nSPS) is 12.1. The van der Waals surface area contributed by atoms with Gasteiger partial charge in [-0.2, -0.15) is 5.26 Å². The Morgan fingerprint density at radius 1 is 0.579 bits per heavy atom. The van der Waals surface area contributed by atoms with E-state index in [0.717, 1.165) is 18.6 Å². The molecular weight excluding hydrogens is 507 g/mol. The van der Waals surface area contributed by atoms with Crippen LogP contribution in [0.25, 0.3) is 0 Å². The van der Waals surface area contributed by atoms with Gasteiger partial charge in [0.25, 0.3) is 5.97 Å². The molecule has 38 heavy (non-hydrogen) atoms. The summed E-state index contributed by atoms with van der Waals surface area (Å²) in [5.74, 6) is 0.202. The standard InChI is InChI=1S/C32H65NO3SSi/c1-4-7-8-9-10-11-12-13-14-15-16-17-19-22-25-28-32(34-5-2,35-6-3)36-38-30-27-24-21-18-20-23-26-29-37-31-33/h4-30,38H2,1-3H3. The Kier molecular flexibility index (Phi) is 31.4. The molecule has 0 aromatic carbocycles. The average Bonchev–Trinajstić information content (AvgIpc) is 2.92. The number of hydrogen-bond acceptors (Lipinski definition) is 5. The van der Waals surface area contributed by atoms with E-state index in [-0.39, 0.29) is 0 Å². The topological polar surface area (TPSA) is 51.5 Å². The minimum Gasteiger partial charge on any atom is -0.376 e. The van der Waals surface area contributed by atoms with Crippen molar-refractivity contribution in [1.82, 2.24) is 0 Å². The number of hydrogen-bond donors (Lipinski definition) is 0. The largest absolute Gasteiger partial charge is 0.376 e. The first kappa shape index (κ1) is 37.9. The van der Waals surface area contributed by atoms with Crippen LogP contribution in [0.4, 0.5) is 0 Å². The SMILES string of the molecule is CCCCCCCCCCCCCCCCCC(OCC)(OCC)O[SiH2]CCCCCCCCCSC#N. The van der Waals surface area contributed by atoms with Gasteiger partial charge < -0.3 is 13.9 Å². The van der Waals surface area contributed by atoms with Crippen LogP contribution in [0.2, 0.25) is 6.04 Å². The summed E-state index contributed by atoms with van der Waals surface area (Å²) in [5.41, 5.74) is 0. The Morgan fingerprint density at radius 3 is 1.45 bits per heavy atom. The van der Waals surface area contributed by atoms with E-state index in [1.165, 1.54) is 153 Å². The zero-order valence-electron chi connectivity index (χ0n) is 25.9. The van der Waals surface area contributed by atoms with E-state index in [9.17, 15) is 0 Å². The van der Waals surface area contributed by atoms with Gasteiger partial charge in [-0.3, -0.25) is 0 Å². The van der Waals surface area contributed by atoms with Gasteiger partial charge in [0.05, 0.1) is 0 Å². The van der Waals surface area contributed by atoms with Crippen LogP contribution in [0.5, 0.6) is 0 Å². The molecule has 0 aliphatic heterocycles. The van der Waals surface area contributed by atoms with Crippen molar-refractivity contribution in [2.45, 2.75) is 180 Å². The second-order valence-electron chi connectivity index (χ2n) is 10.9. The van der Waals surface area contributed by atoms with Gasteiger partial charge in [0.1, 0.15) is 5.40 Å². The monoisotopic (exact) mass is 571 g/mol. The molecule has 0 heterocycles.